The number of benzene rings is 2. The molecular formula is C18H12FN3O3. The zero-order valence-electron chi connectivity index (χ0n) is 12.9. The van der Waals surface area contributed by atoms with Gasteiger partial charge in [-0.2, -0.15) is 5.26 Å². The number of esters is 1. The first-order chi connectivity index (χ1) is 12.1. The van der Waals surface area contributed by atoms with Gasteiger partial charge in [-0.15, -0.1) is 0 Å². The number of imidazole rings is 1. The smallest absolute Gasteiger partial charge is 0.341 e. The van der Waals surface area contributed by atoms with Crippen molar-refractivity contribution in [2.75, 3.05) is 6.61 Å². The molecule has 6 nitrogen and oxygen atoms in total. The van der Waals surface area contributed by atoms with Crippen LogP contribution < -0.4 is 0 Å². The minimum absolute atomic E-state index is 0.155. The van der Waals surface area contributed by atoms with E-state index in [-0.39, 0.29) is 17.0 Å². The van der Waals surface area contributed by atoms with E-state index in [1.807, 2.05) is 6.07 Å². The molecule has 25 heavy (non-hydrogen) atoms. The van der Waals surface area contributed by atoms with Crippen LogP contribution in [0.1, 0.15) is 16.2 Å². The van der Waals surface area contributed by atoms with Gasteiger partial charge in [0.05, 0.1) is 16.6 Å². The molecule has 0 bridgehead atoms. The number of aromatic amines is 1. The molecule has 3 aromatic rings. The second-order valence-corrected chi connectivity index (χ2v) is 5.09. The maximum absolute atomic E-state index is 13.5. The molecule has 124 valence electrons. The van der Waals surface area contributed by atoms with Gasteiger partial charge in [-0.25, -0.2) is 14.2 Å². The average Bonchev–Trinajstić information content (AvgIpc) is 3.04. The number of ether oxygens (including phenoxy) is 1. The van der Waals surface area contributed by atoms with Crippen LogP contribution in [0.15, 0.2) is 54.3 Å². The van der Waals surface area contributed by atoms with E-state index in [9.17, 15) is 19.6 Å². The van der Waals surface area contributed by atoms with Crippen LogP contribution in [0.4, 0.5) is 4.39 Å². The number of aliphatic hydroxyl groups excluding tert-OH is 1. The Hall–Kier alpha value is -3.66. The number of fused-ring (bicyclic) bond motifs is 1. The van der Waals surface area contributed by atoms with Crippen LogP contribution in [0.3, 0.4) is 0 Å². The highest BCUT2D eigenvalue weighted by Crippen LogP contribution is 2.19. The van der Waals surface area contributed by atoms with Crippen molar-refractivity contribution in [1.29, 1.82) is 5.26 Å². The van der Waals surface area contributed by atoms with Crippen LogP contribution in [-0.2, 0) is 4.74 Å². The van der Waals surface area contributed by atoms with Gasteiger partial charge in [0, 0.05) is 0 Å². The fraction of sp³-hybridized carbons (Fsp3) is 0.0556. The predicted molar refractivity (Wildman–Crippen MR) is 87.9 cm³/mol. The zero-order chi connectivity index (χ0) is 17.8. The first-order valence-corrected chi connectivity index (χ1v) is 7.29. The molecule has 0 saturated carbocycles. The van der Waals surface area contributed by atoms with E-state index in [1.165, 1.54) is 18.2 Å². The molecule has 0 saturated heterocycles. The van der Waals surface area contributed by atoms with Crippen molar-refractivity contribution in [3.63, 3.8) is 0 Å². The minimum atomic E-state index is -0.938. The number of allylic oxidation sites excluding steroid dienone is 1. The van der Waals surface area contributed by atoms with Gasteiger partial charge < -0.3 is 14.8 Å². The average molecular weight is 337 g/mol. The first-order valence-electron chi connectivity index (χ1n) is 7.29. The summed E-state index contributed by atoms with van der Waals surface area (Å²) in [4.78, 5) is 19.0. The number of carbonyl (C=O) groups is 1. The van der Waals surface area contributed by atoms with Crippen LogP contribution in [0, 0.1) is 17.1 Å². The molecule has 3 rings (SSSR count). The summed E-state index contributed by atoms with van der Waals surface area (Å²) < 4.78 is 18.4. The van der Waals surface area contributed by atoms with Crippen LogP contribution in [-0.4, -0.2) is 27.7 Å². The molecular weight excluding hydrogens is 325 g/mol. The number of nitrogens with one attached hydrogen (secondary N) is 1. The second-order valence-electron chi connectivity index (χ2n) is 5.09. The molecule has 1 aromatic heterocycles. The summed E-state index contributed by atoms with van der Waals surface area (Å²) in [6.07, 6.45) is 0. The Morgan fingerprint density at radius 2 is 1.96 bits per heavy atom. The molecule has 1 heterocycles. The minimum Gasteiger partial charge on any atom is -0.507 e. The fourth-order valence-corrected chi connectivity index (χ4v) is 2.24. The summed E-state index contributed by atoms with van der Waals surface area (Å²) in [5, 5.41) is 19.4. The Labute approximate surface area is 141 Å². The number of hydrogen-bond donors (Lipinski definition) is 2. The lowest BCUT2D eigenvalue weighted by molar-refractivity contribution is 0.0497. The van der Waals surface area contributed by atoms with Crippen molar-refractivity contribution >= 4 is 22.6 Å². The molecule has 0 aliphatic heterocycles. The van der Waals surface area contributed by atoms with Crippen LogP contribution in [0.5, 0.6) is 0 Å². The molecule has 7 heteroatoms. The highest BCUT2D eigenvalue weighted by molar-refractivity contribution is 5.90. The zero-order valence-corrected chi connectivity index (χ0v) is 12.9. The molecule has 0 atom stereocenters. The Morgan fingerprint density at radius 3 is 2.68 bits per heavy atom. The van der Waals surface area contributed by atoms with Gasteiger partial charge in [0.25, 0.3) is 0 Å². The summed E-state index contributed by atoms with van der Waals surface area (Å²) in [5.41, 5.74) is 0.915. The van der Waals surface area contributed by atoms with Gasteiger partial charge in [-0.1, -0.05) is 24.3 Å². The number of hydrogen-bond acceptors (Lipinski definition) is 5. The van der Waals surface area contributed by atoms with Gasteiger partial charge >= 0.3 is 5.97 Å². The quantitative estimate of drug-likeness (QED) is 0.432. The number of nitrogens with zero attached hydrogens (tertiary/aromatic N) is 2. The Kier molecular flexibility index (Phi) is 4.44. The van der Waals surface area contributed by atoms with Gasteiger partial charge in [-0.05, 0) is 24.3 Å². The molecule has 0 aliphatic carbocycles. The monoisotopic (exact) mass is 337 g/mol. The van der Waals surface area contributed by atoms with Gasteiger partial charge in [0.15, 0.2) is 11.6 Å². The molecule has 0 fully saturated rings. The van der Waals surface area contributed by atoms with Crippen molar-refractivity contribution in [3.8, 4) is 6.07 Å². The highest BCUT2D eigenvalue weighted by Gasteiger charge is 2.17. The molecule has 0 unspecified atom stereocenters. The van der Waals surface area contributed by atoms with Gasteiger partial charge in [0.1, 0.15) is 24.1 Å². The third-order valence-corrected chi connectivity index (χ3v) is 3.46. The predicted octanol–water partition coefficient (Wildman–Crippen LogP) is 3.35. The highest BCUT2D eigenvalue weighted by atomic mass is 19.1. The van der Waals surface area contributed by atoms with Crippen molar-refractivity contribution in [2.24, 2.45) is 0 Å². The number of nitriles is 1. The first kappa shape index (κ1) is 16.2. The van der Waals surface area contributed by atoms with Crippen LogP contribution in [0.2, 0.25) is 0 Å². The van der Waals surface area contributed by atoms with E-state index < -0.39 is 24.2 Å². The Balaban J connectivity index is 1.81. The number of aliphatic hydroxyl groups is 1. The third kappa shape index (κ3) is 3.33. The fourth-order valence-electron chi connectivity index (χ4n) is 2.24. The number of rotatable bonds is 4. The maximum Gasteiger partial charge on any atom is 0.341 e. The summed E-state index contributed by atoms with van der Waals surface area (Å²) in [7, 11) is 0. The molecule has 2 N–H and O–H groups in total. The number of halogens is 1. The van der Waals surface area contributed by atoms with Crippen molar-refractivity contribution in [3.05, 3.63) is 71.5 Å². The van der Waals surface area contributed by atoms with Gasteiger partial charge in [-0.3, -0.25) is 0 Å². The number of aromatic nitrogens is 2. The third-order valence-electron chi connectivity index (χ3n) is 3.46. The van der Waals surface area contributed by atoms with Crippen molar-refractivity contribution < 1.29 is 19.0 Å². The Bertz CT molecular complexity index is 985. The normalized spacial score (nSPS) is 11.7. The maximum atomic E-state index is 13.5. The van der Waals surface area contributed by atoms with E-state index >= 15 is 0 Å². The van der Waals surface area contributed by atoms with E-state index in [0.717, 1.165) is 6.07 Å². The van der Waals surface area contributed by atoms with Crippen molar-refractivity contribution in [2.45, 2.75) is 0 Å². The van der Waals surface area contributed by atoms with E-state index in [1.54, 1.807) is 24.3 Å². The summed E-state index contributed by atoms with van der Waals surface area (Å²) in [6, 6.07) is 14.3. The van der Waals surface area contributed by atoms with E-state index in [0.29, 0.717) is 11.0 Å². The summed E-state index contributed by atoms with van der Waals surface area (Å²) >= 11 is 0. The molecule has 0 amide bonds. The lowest BCUT2D eigenvalue weighted by Crippen LogP contribution is -2.10. The van der Waals surface area contributed by atoms with Crippen LogP contribution in [0.25, 0.3) is 16.6 Å². The Morgan fingerprint density at radius 1 is 1.24 bits per heavy atom. The van der Waals surface area contributed by atoms with Crippen molar-refractivity contribution in [1.82, 2.24) is 9.97 Å². The largest absolute Gasteiger partial charge is 0.507 e. The standard InChI is InChI=1S/C18H12FN3O3/c19-13-6-2-1-5-11(13)18(24)25-10-16(23)12(9-20)17-21-14-7-3-4-8-15(14)22-17/h1-8,23H,10H2,(H,21,22)/b16-12-. The lowest BCUT2D eigenvalue weighted by Gasteiger charge is -2.06. The molecule has 2 aromatic carbocycles. The second kappa shape index (κ2) is 6.84. The van der Waals surface area contributed by atoms with E-state index in [2.05, 4.69) is 9.97 Å². The SMILES string of the molecule is N#C/C(=C(/O)COC(=O)c1ccccc1F)c1nc2ccccc2[nH]1. The number of para-hydroxylation sites is 2. The molecule has 0 radical (unpaired) electrons. The molecule has 0 spiro atoms. The lowest BCUT2D eigenvalue weighted by atomic mass is 10.2. The summed E-state index contributed by atoms with van der Waals surface area (Å²) in [6.45, 7) is -0.576. The topological polar surface area (TPSA) is 99.0 Å². The summed E-state index contributed by atoms with van der Waals surface area (Å²) in [5.74, 6) is -1.99. The van der Waals surface area contributed by atoms with Crippen LogP contribution >= 0.6 is 0 Å². The van der Waals surface area contributed by atoms with Gasteiger partial charge in [0.2, 0.25) is 0 Å². The van der Waals surface area contributed by atoms with E-state index in [4.69, 9.17) is 4.74 Å². The molecule has 0 aliphatic rings. The number of carbonyl (C=O) groups excluding carboxylic acids is 1. The number of H-pyrrole nitrogens is 1.